The average Bonchev–Trinajstić information content (AvgIpc) is 2.46. The van der Waals surface area contributed by atoms with Gasteiger partial charge >= 0.3 is 5.97 Å². The molecule has 0 aromatic carbocycles. The van der Waals surface area contributed by atoms with Crippen molar-refractivity contribution in [1.82, 2.24) is 0 Å². The maximum Gasteiger partial charge on any atom is 0.305 e. The number of hydrogen-bond donors (Lipinski definition) is 2. The maximum absolute atomic E-state index is 11.6. The quantitative estimate of drug-likeness (QED) is 0.282. The smallest absolute Gasteiger partial charge is 0.305 e. The van der Waals surface area contributed by atoms with Gasteiger partial charge in [-0.2, -0.15) is 25.3 Å². The zero-order valence-corrected chi connectivity index (χ0v) is 15.3. The first-order valence-electron chi connectivity index (χ1n) is 8.16. The highest BCUT2D eigenvalue weighted by Gasteiger charge is 2.08. The molecule has 0 rings (SSSR count). The van der Waals surface area contributed by atoms with E-state index in [1.807, 2.05) is 6.92 Å². The van der Waals surface area contributed by atoms with Crippen LogP contribution >= 0.6 is 25.3 Å². The normalized spacial score (nSPS) is 13.9. The molecule has 0 aliphatic rings. The number of unbranched alkanes of at least 4 members (excludes halogenated alkanes) is 3. The van der Waals surface area contributed by atoms with E-state index in [4.69, 9.17) is 9.47 Å². The molecular weight excluding hydrogens is 304 g/mol. The molecule has 2 unspecified atom stereocenters. The molecule has 0 fully saturated rings. The number of carbonyl (C=O) groups is 1. The third-order valence-electron chi connectivity index (χ3n) is 3.26. The largest absolute Gasteiger partial charge is 0.463 e. The standard InChI is InChI=1S/C16H32O3S2/c1-3-4-7-11-18-14(2)13-19-16(17)9-6-5-8-15(21)10-12-20/h14-15,20-21H,3-13H2,1-2H3. The van der Waals surface area contributed by atoms with Crippen molar-refractivity contribution >= 4 is 31.2 Å². The molecule has 0 aliphatic heterocycles. The van der Waals surface area contributed by atoms with Crippen LogP contribution in [0.2, 0.25) is 0 Å². The minimum Gasteiger partial charge on any atom is -0.463 e. The minimum absolute atomic E-state index is 0.0111. The maximum atomic E-state index is 11.6. The summed E-state index contributed by atoms with van der Waals surface area (Å²) in [6.07, 6.45) is 7.87. The Morgan fingerprint density at radius 2 is 1.90 bits per heavy atom. The molecule has 126 valence electrons. The summed E-state index contributed by atoms with van der Waals surface area (Å²) in [5.74, 6) is 0.746. The second kappa shape index (κ2) is 15.0. The van der Waals surface area contributed by atoms with Gasteiger partial charge in [0.25, 0.3) is 0 Å². The fraction of sp³-hybridized carbons (Fsp3) is 0.938. The minimum atomic E-state index is -0.121. The van der Waals surface area contributed by atoms with Crippen molar-refractivity contribution in [2.45, 2.75) is 76.6 Å². The van der Waals surface area contributed by atoms with Crippen molar-refractivity contribution in [3.63, 3.8) is 0 Å². The Bertz CT molecular complexity index is 250. The van der Waals surface area contributed by atoms with Gasteiger partial charge in [-0.25, -0.2) is 0 Å². The monoisotopic (exact) mass is 336 g/mol. The number of ether oxygens (including phenoxy) is 2. The van der Waals surface area contributed by atoms with Crippen molar-refractivity contribution in [1.29, 1.82) is 0 Å². The van der Waals surface area contributed by atoms with E-state index in [2.05, 4.69) is 32.2 Å². The highest BCUT2D eigenvalue weighted by atomic mass is 32.1. The summed E-state index contributed by atoms with van der Waals surface area (Å²) in [6, 6.07) is 0. The topological polar surface area (TPSA) is 35.5 Å². The summed E-state index contributed by atoms with van der Waals surface area (Å²) >= 11 is 8.65. The average molecular weight is 337 g/mol. The van der Waals surface area contributed by atoms with E-state index < -0.39 is 0 Å². The van der Waals surface area contributed by atoms with Crippen molar-refractivity contribution in [3.8, 4) is 0 Å². The van der Waals surface area contributed by atoms with Gasteiger partial charge in [0.1, 0.15) is 6.61 Å². The second-order valence-corrected chi connectivity index (χ2v) is 6.66. The first-order valence-corrected chi connectivity index (χ1v) is 9.31. The highest BCUT2D eigenvalue weighted by Crippen LogP contribution is 2.13. The van der Waals surface area contributed by atoms with E-state index >= 15 is 0 Å². The molecule has 5 heteroatoms. The molecule has 21 heavy (non-hydrogen) atoms. The van der Waals surface area contributed by atoms with Crippen LogP contribution in [0.5, 0.6) is 0 Å². The molecule has 2 atom stereocenters. The van der Waals surface area contributed by atoms with Crippen LogP contribution in [0.4, 0.5) is 0 Å². The number of carbonyl (C=O) groups excluding carboxylic acids is 1. The zero-order chi connectivity index (χ0) is 15.9. The Morgan fingerprint density at radius 1 is 1.14 bits per heavy atom. The molecule has 0 radical (unpaired) electrons. The molecule has 0 aliphatic carbocycles. The Hall–Kier alpha value is 0.130. The predicted octanol–water partition coefficient (Wildman–Crippen LogP) is 4.30. The van der Waals surface area contributed by atoms with Gasteiger partial charge in [0, 0.05) is 18.3 Å². The first kappa shape index (κ1) is 21.1. The van der Waals surface area contributed by atoms with Crippen LogP contribution in [-0.4, -0.2) is 36.3 Å². The zero-order valence-electron chi connectivity index (χ0n) is 13.6. The summed E-state index contributed by atoms with van der Waals surface area (Å²) in [5.41, 5.74) is 0. The molecular formula is C16H32O3S2. The van der Waals surface area contributed by atoms with Crippen LogP contribution in [0.3, 0.4) is 0 Å². The van der Waals surface area contributed by atoms with E-state index in [-0.39, 0.29) is 12.1 Å². The number of esters is 1. The van der Waals surface area contributed by atoms with Gasteiger partial charge in [-0.05, 0) is 38.4 Å². The lowest BCUT2D eigenvalue weighted by atomic mass is 10.1. The molecule has 0 heterocycles. The van der Waals surface area contributed by atoms with Gasteiger partial charge in [-0.1, -0.05) is 26.2 Å². The summed E-state index contributed by atoms with van der Waals surface area (Å²) in [7, 11) is 0. The van der Waals surface area contributed by atoms with E-state index in [9.17, 15) is 4.79 Å². The van der Waals surface area contributed by atoms with Crippen LogP contribution in [0.15, 0.2) is 0 Å². The van der Waals surface area contributed by atoms with Gasteiger partial charge in [-0.15, -0.1) is 0 Å². The molecule has 0 aromatic heterocycles. The van der Waals surface area contributed by atoms with Crippen LogP contribution in [-0.2, 0) is 14.3 Å². The van der Waals surface area contributed by atoms with E-state index in [0.29, 0.717) is 18.3 Å². The Kier molecular flexibility index (Phi) is 15.1. The van der Waals surface area contributed by atoms with E-state index in [0.717, 1.165) is 44.5 Å². The molecule has 0 bridgehead atoms. The number of rotatable bonds is 14. The summed E-state index contributed by atoms with van der Waals surface area (Å²) in [6.45, 7) is 5.22. The van der Waals surface area contributed by atoms with E-state index in [1.54, 1.807) is 0 Å². The molecule has 0 saturated carbocycles. The summed E-state index contributed by atoms with van der Waals surface area (Å²) in [4.78, 5) is 11.6. The predicted molar refractivity (Wildman–Crippen MR) is 95.6 cm³/mol. The van der Waals surface area contributed by atoms with Crippen molar-refractivity contribution in [2.75, 3.05) is 19.0 Å². The van der Waals surface area contributed by atoms with Crippen LogP contribution in [0.25, 0.3) is 0 Å². The fourth-order valence-corrected chi connectivity index (χ4v) is 2.74. The van der Waals surface area contributed by atoms with Crippen LogP contribution in [0, 0.1) is 0 Å². The summed E-state index contributed by atoms with van der Waals surface area (Å²) < 4.78 is 10.8. The Balaban J connectivity index is 3.44. The van der Waals surface area contributed by atoms with Crippen molar-refractivity contribution in [2.24, 2.45) is 0 Å². The second-order valence-electron chi connectivity index (χ2n) is 5.48. The molecule has 0 saturated heterocycles. The third kappa shape index (κ3) is 14.8. The lowest BCUT2D eigenvalue weighted by Gasteiger charge is -2.13. The molecule has 0 spiro atoms. The van der Waals surface area contributed by atoms with Gasteiger partial charge in [0.2, 0.25) is 0 Å². The van der Waals surface area contributed by atoms with Crippen molar-refractivity contribution < 1.29 is 14.3 Å². The number of hydrogen-bond acceptors (Lipinski definition) is 5. The number of thiol groups is 2. The Labute approximate surface area is 141 Å². The van der Waals surface area contributed by atoms with Gasteiger partial charge in [-0.3, -0.25) is 4.79 Å². The lowest BCUT2D eigenvalue weighted by molar-refractivity contribution is -0.147. The molecule has 3 nitrogen and oxygen atoms in total. The first-order chi connectivity index (χ1) is 10.1. The lowest BCUT2D eigenvalue weighted by Crippen LogP contribution is -2.19. The van der Waals surface area contributed by atoms with Gasteiger partial charge in [0.15, 0.2) is 0 Å². The molecule has 0 N–H and O–H groups in total. The highest BCUT2D eigenvalue weighted by molar-refractivity contribution is 7.81. The third-order valence-corrected chi connectivity index (χ3v) is 4.03. The fourth-order valence-electron chi connectivity index (χ4n) is 1.91. The SMILES string of the molecule is CCCCCOC(C)COC(=O)CCCCC(S)CCS. The summed E-state index contributed by atoms with van der Waals surface area (Å²) in [5, 5.41) is 0.398. The Morgan fingerprint density at radius 3 is 2.57 bits per heavy atom. The van der Waals surface area contributed by atoms with Crippen LogP contribution < -0.4 is 0 Å². The van der Waals surface area contributed by atoms with Crippen LogP contribution in [0.1, 0.15) is 65.2 Å². The van der Waals surface area contributed by atoms with Crippen molar-refractivity contribution in [3.05, 3.63) is 0 Å². The van der Waals surface area contributed by atoms with E-state index in [1.165, 1.54) is 12.8 Å². The van der Waals surface area contributed by atoms with Gasteiger partial charge in [0.05, 0.1) is 6.10 Å². The molecule has 0 amide bonds. The molecule has 0 aromatic rings. The van der Waals surface area contributed by atoms with Gasteiger partial charge < -0.3 is 9.47 Å².